The van der Waals surface area contributed by atoms with Crippen molar-refractivity contribution in [3.8, 4) is 16.9 Å². The summed E-state index contributed by atoms with van der Waals surface area (Å²) < 4.78 is 0. The molecule has 3 aliphatic rings. The van der Waals surface area contributed by atoms with E-state index in [9.17, 15) is 34.2 Å². The van der Waals surface area contributed by atoms with Gasteiger partial charge in [0.2, 0.25) is 0 Å². The van der Waals surface area contributed by atoms with Crippen LogP contribution >= 0.6 is 0 Å². The van der Waals surface area contributed by atoms with Crippen molar-refractivity contribution in [2.45, 2.75) is 60.0 Å². The molecule has 7 heteroatoms. The number of hydrogen-bond acceptors (Lipinski definition) is 7. The first-order chi connectivity index (χ1) is 19.0. The number of rotatable bonds is 4. The summed E-state index contributed by atoms with van der Waals surface area (Å²) in [6.45, 7) is 13.9. The van der Waals surface area contributed by atoms with Crippen LogP contribution in [-0.2, 0) is 25.6 Å². The molecule has 0 aliphatic heterocycles. The van der Waals surface area contributed by atoms with Crippen LogP contribution in [0.5, 0.6) is 5.75 Å². The van der Waals surface area contributed by atoms with Crippen LogP contribution in [0, 0.1) is 34.5 Å². The minimum atomic E-state index is -2.70. The van der Waals surface area contributed by atoms with Gasteiger partial charge in [-0.05, 0) is 66.3 Å². The number of aliphatic hydroxyl groups is 1. The van der Waals surface area contributed by atoms with Gasteiger partial charge in [-0.2, -0.15) is 0 Å². The van der Waals surface area contributed by atoms with Gasteiger partial charge in [0.15, 0.2) is 28.7 Å². The van der Waals surface area contributed by atoms with E-state index in [-0.39, 0.29) is 30.1 Å². The lowest BCUT2D eigenvalue weighted by atomic mass is 9.40. The molecule has 2 aromatic rings. The van der Waals surface area contributed by atoms with E-state index < -0.39 is 63.1 Å². The van der Waals surface area contributed by atoms with Crippen molar-refractivity contribution in [2.75, 3.05) is 0 Å². The number of allylic oxidation sites excluding steroid dienone is 1. The number of hydrogen-bond donors (Lipinski definition) is 2. The van der Waals surface area contributed by atoms with E-state index in [0.29, 0.717) is 5.56 Å². The number of phenolic OH excluding ortho intramolecular Hbond substituents is 1. The summed E-state index contributed by atoms with van der Waals surface area (Å²) in [6, 6.07) is 10.8. The van der Waals surface area contributed by atoms with E-state index in [1.165, 1.54) is 6.07 Å². The Morgan fingerprint density at radius 1 is 0.976 bits per heavy atom. The van der Waals surface area contributed by atoms with E-state index >= 15 is 0 Å². The Kier molecular flexibility index (Phi) is 6.43. The lowest BCUT2D eigenvalue weighted by molar-refractivity contribution is -0.205. The van der Waals surface area contributed by atoms with Gasteiger partial charge in [-0.3, -0.25) is 24.0 Å². The maximum absolute atomic E-state index is 14.4. The summed E-state index contributed by atoms with van der Waals surface area (Å²) in [6.07, 6.45) is 0.220. The average molecular weight is 557 g/mol. The topological polar surface area (TPSA) is 126 Å². The fraction of sp³-hybridized carbons (Fsp3) is 0.441. The zero-order valence-electron chi connectivity index (χ0n) is 24.3. The lowest BCUT2D eigenvalue weighted by Gasteiger charge is -2.61. The second-order valence-corrected chi connectivity index (χ2v) is 13.2. The molecule has 0 spiro atoms. The summed E-state index contributed by atoms with van der Waals surface area (Å²) in [5.41, 5.74) is -1.32. The third-order valence-corrected chi connectivity index (χ3v) is 9.95. The van der Waals surface area contributed by atoms with Crippen LogP contribution in [0.25, 0.3) is 16.7 Å². The first-order valence-electron chi connectivity index (χ1n) is 14.0. The van der Waals surface area contributed by atoms with Crippen molar-refractivity contribution in [2.24, 2.45) is 34.5 Å². The molecule has 2 aromatic carbocycles. The van der Waals surface area contributed by atoms with E-state index in [1.54, 1.807) is 33.8 Å². The predicted molar refractivity (Wildman–Crippen MR) is 153 cm³/mol. The molecule has 0 saturated heterocycles. The van der Waals surface area contributed by atoms with E-state index in [2.05, 4.69) is 6.58 Å². The largest absolute Gasteiger partial charge is 0.507 e. The fourth-order valence-corrected chi connectivity index (χ4v) is 8.34. The molecule has 7 nitrogen and oxygen atoms in total. The Hall–Kier alpha value is -3.71. The quantitative estimate of drug-likeness (QED) is 0.519. The molecule has 41 heavy (non-hydrogen) atoms. The van der Waals surface area contributed by atoms with Crippen LogP contribution in [0.15, 0.2) is 43.0 Å². The Morgan fingerprint density at radius 2 is 1.59 bits per heavy atom. The van der Waals surface area contributed by atoms with Crippen molar-refractivity contribution in [1.29, 1.82) is 0 Å². The summed E-state index contributed by atoms with van der Waals surface area (Å²) in [4.78, 5) is 68.4. The molecule has 2 saturated carbocycles. The lowest BCUT2D eigenvalue weighted by Crippen LogP contribution is -2.76. The molecule has 0 aromatic heterocycles. The van der Waals surface area contributed by atoms with Crippen LogP contribution in [0.4, 0.5) is 0 Å². The van der Waals surface area contributed by atoms with Crippen LogP contribution in [0.3, 0.4) is 0 Å². The molecule has 3 unspecified atom stereocenters. The molecule has 0 radical (unpaired) electrons. The van der Waals surface area contributed by atoms with E-state index in [0.717, 1.165) is 29.2 Å². The predicted octanol–water partition coefficient (Wildman–Crippen LogP) is 4.79. The summed E-state index contributed by atoms with van der Waals surface area (Å²) >= 11 is 0. The molecule has 2 N–H and O–H groups in total. The average Bonchev–Trinajstić information content (AvgIpc) is 2.86. The second kappa shape index (κ2) is 9.15. The highest BCUT2D eigenvalue weighted by Crippen LogP contribution is 2.64. The minimum Gasteiger partial charge on any atom is -0.507 e. The third-order valence-electron chi connectivity index (χ3n) is 9.95. The van der Waals surface area contributed by atoms with E-state index in [1.807, 2.05) is 31.2 Å². The Morgan fingerprint density at radius 3 is 2.12 bits per heavy atom. The number of Topliss-reactive ketones (excluding diaryl/α,β-unsaturated/α-hetero) is 5. The van der Waals surface area contributed by atoms with E-state index in [4.69, 9.17) is 0 Å². The number of fused-ring (bicyclic) bond motifs is 3. The molecular weight excluding hydrogens is 520 g/mol. The number of phenols is 1. The number of carbonyl (C=O) groups excluding carboxylic acids is 5. The van der Waals surface area contributed by atoms with Crippen molar-refractivity contribution < 1.29 is 34.2 Å². The van der Waals surface area contributed by atoms with Gasteiger partial charge in [0, 0.05) is 11.3 Å². The van der Waals surface area contributed by atoms with Gasteiger partial charge in [0.1, 0.15) is 17.5 Å². The summed E-state index contributed by atoms with van der Waals surface area (Å²) in [5.74, 6) is -8.95. The van der Waals surface area contributed by atoms with Gasteiger partial charge < -0.3 is 10.2 Å². The maximum atomic E-state index is 14.4. The summed E-state index contributed by atoms with van der Waals surface area (Å²) in [5, 5.41) is 23.0. The van der Waals surface area contributed by atoms with Crippen LogP contribution < -0.4 is 0 Å². The Balaban J connectivity index is 1.72. The molecule has 0 bridgehead atoms. The monoisotopic (exact) mass is 556 g/mol. The zero-order chi connectivity index (χ0) is 30.4. The third kappa shape index (κ3) is 3.71. The van der Waals surface area contributed by atoms with Gasteiger partial charge >= 0.3 is 0 Å². The maximum Gasteiger partial charge on any atom is 0.190 e. The number of benzene rings is 2. The van der Waals surface area contributed by atoms with Crippen molar-refractivity contribution in [1.82, 2.24) is 0 Å². The number of aromatic hydroxyl groups is 1. The first kappa shape index (κ1) is 28.8. The highest BCUT2D eigenvalue weighted by atomic mass is 16.3. The van der Waals surface area contributed by atoms with Crippen molar-refractivity contribution in [3.63, 3.8) is 0 Å². The second-order valence-electron chi connectivity index (χ2n) is 13.2. The SMILES string of the molecule is C=C(C)c1ccc(-c2ccc(O)c3c2C[C@]2(C)C[C@]4(C)C(C(C)C)C(=O)C(C(C)=O)C(=O)[C@]4(O)C(=O)C2C3=O)cc1. The standard InChI is InChI=1S/C34H36O7/c1-16(2)19-8-10-20(11-9-19)21-12-13-23(36)25-22(21)14-32(6)15-33(7)26(17(3)4)28(37)24(18(5)35)30(39)34(33,41)31(40)27(32)29(25)38/h8-13,17,24,26-27,36,41H,1,14-15H2,2-7H3/t24?,26?,27?,32-,33-,34+/m1/s1. The minimum absolute atomic E-state index is 0.00244. The van der Waals surface area contributed by atoms with Gasteiger partial charge in [0.25, 0.3) is 0 Å². The van der Waals surface area contributed by atoms with Crippen LogP contribution in [0.1, 0.15) is 69.4 Å². The Bertz CT molecular complexity index is 1560. The highest BCUT2D eigenvalue weighted by Gasteiger charge is 2.76. The molecule has 5 rings (SSSR count). The number of carbonyl (C=O) groups is 5. The van der Waals surface area contributed by atoms with Crippen LogP contribution in [0.2, 0.25) is 0 Å². The Labute approximate surface area is 239 Å². The molecule has 2 fully saturated rings. The van der Waals surface area contributed by atoms with Gasteiger partial charge in [-0.15, -0.1) is 0 Å². The molecule has 6 atom stereocenters. The van der Waals surface area contributed by atoms with Gasteiger partial charge in [0.05, 0.1) is 11.5 Å². The van der Waals surface area contributed by atoms with Gasteiger partial charge in [-0.1, -0.05) is 70.2 Å². The number of ketones is 5. The molecule has 3 aliphatic carbocycles. The molecule has 0 heterocycles. The summed E-state index contributed by atoms with van der Waals surface area (Å²) in [7, 11) is 0. The van der Waals surface area contributed by atoms with Crippen molar-refractivity contribution in [3.05, 3.63) is 59.7 Å². The molecule has 0 amide bonds. The normalized spacial score (nSPS) is 32.8. The highest BCUT2D eigenvalue weighted by molar-refractivity contribution is 6.32. The molecule has 214 valence electrons. The van der Waals surface area contributed by atoms with Crippen LogP contribution in [-0.4, -0.2) is 44.7 Å². The van der Waals surface area contributed by atoms with Crippen molar-refractivity contribution >= 4 is 34.5 Å². The smallest absolute Gasteiger partial charge is 0.190 e. The molecular formula is C34H36O7. The first-order valence-corrected chi connectivity index (χ1v) is 14.0. The van der Waals surface area contributed by atoms with Gasteiger partial charge in [-0.25, -0.2) is 0 Å². The zero-order valence-corrected chi connectivity index (χ0v) is 24.3. The fourth-order valence-electron chi connectivity index (χ4n) is 8.34.